The molecule has 1 fully saturated rings. The Morgan fingerprint density at radius 3 is 2.69 bits per heavy atom. The maximum atomic E-state index is 13.8. The molecule has 176 valence electrons. The van der Waals surface area contributed by atoms with Crippen LogP contribution in [0.15, 0.2) is 53.1 Å². The van der Waals surface area contributed by atoms with Crippen LogP contribution in [-0.2, 0) is 0 Å². The number of nitrogens with zero attached hydrogens (tertiary/aromatic N) is 2. The largest absolute Gasteiger partial charge is 0.486 e. The van der Waals surface area contributed by atoms with E-state index in [1.807, 2.05) is 42.5 Å². The van der Waals surface area contributed by atoms with Crippen molar-refractivity contribution >= 4 is 33.7 Å². The molecule has 1 aliphatic carbocycles. The second-order valence-electron chi connectivity index (χ2n) is 9.45. The van der Waals surface area contributed by atoms with E-state index in [-0.39, 0.29) is 5.78 Å². The second-order valence-corrected chi connectivity index (χ2v) is 9.45. The minimum atomic E-state index is -0.0282. The van der Waals surface area contributed by atoms with Crippen molar-refractivity contribution < 1.29 is 18.8 Å². The molecule has 1 saturated heterocycles. The monoisotopic (exact) mass is 467 g/mol. The molecule has 3 heterocycles. The van der Waals surface area contributed by atoms with Gasteiger partial charge in [-0.1, -0.05) is 29.4 Å². The predicted molar refractivity (Wildman–Crippen MR) is 134 cm³/mol. The topological polar surface area (TPSA) is 76.8 Å². The number of fused-ring (bicyclic) bond motifs is 3. The molecular weight excluding hydrogens is 442 g/mol. The zero-order chi connectivity index (χ0) is 23.5. The Bertz CT molecular complexity index is 1490. The molecule has 3 aromatic carbocycles. The van der Waals surface area contributed by atoms with Gasteiger partial charge < -0.3 is 24.2 Å². The molecular formula is C28H25N3O4. The lowest BCUT2D eigenvalue weighted by Gasteiger charge is -2.36. The maximum Gasteiger partial charge on any atom is 0.196 e. The van der Waals surface area contributed by atoms with Gasteiger partial charge in [-0.3, -0.25) is 4.79 Å². The molecule has 4 aromatic rings. The van der Waals surface area contributed by atoms with E-state index in [0.717, 1.165) is 58.7 Å². The van der Waals surface area contributed by atoms with Crippen LogP contribution in [0.2, 0.25) is 0 Å². The van der Waals surface area contributed by atoms with Crippen LogP contribution in [0.4, 0.5) is 17.1 Å². The summed E-state index contributed by atoms with van der Waals surface area (Å²) in [5.74, 6) is 2.05. The molecule has 0 amide bonds. The number of ketones is 1. The van der Waals surface area contributed by atoms with E-state index >= 15 is 0 Å². The SMILES string of the molecule is CC1CCCCN1c1cc(Nc2ccc3c(c2)OCCO3)c2c3c(onc13)-c1ccccc1C2=O. The number of aromatic nitrogens is 1. The number of carbonyl (C=O) groups excluding carboxylic acids is 1. The number of piperidine rings is 1. The van der Waals surface area contributed by atoms with Crippen LogP contribution in [0.1, 0.15) is 42.1 Å². The van der Waals surface area contributed by atoms with E-state index in [0.29, 0.717) is 41.9 Å². The first-order valence-corrected chi connectivity index (χ1v) is 12.2. The summed E-state index contributed by atoms with van der Waals surface area (Å²) in [6.07, 6.45) is 3.47. The zero-order valence-electron chi connectivity index (χ0n) is 19.5. The Labute approximate surface area is 202 Å². The summed E-state index contributed by atoms with van der Waals surface area (Å²) in [7, 11) is 0. The van der Waals surface area contributed by atoms with Crippen molar-refractivity contribution in [1.82, 2.24) is 5.16 Å². The second kappa shape index (κ2) is 7.77. The lowest BCUT2D eigenvalue weighted by molar-refractivity contribution is 0.104. The van der Waals surface area contributed by atoms with Gasteiger partial charge in [-0.25, -0.2) is 0 Å². The highest BCUT2D eigenvalue weighted by Crippen LogP contribution is 2.47. The van der Waals surface area contributed by atoms with Gasteiger partial charge >= 0.3 is 0 Å². The van der Waals surface area contributed by atoms with Gasteiger partial charge in [0.15, 0.2) is 23.0 Å². The summed E-state index contributed by atoms with van der Waals surface area (Å²) in [6.45, 7) is 4.26. The Balaban J connectivity index is 1.44. The van der Waals surface area contributed by atoms with Gasteiger partial charge in [0.25, 0.3) is 0 Å². The van der Waals surface area contributed by atoms with E-state index in [9.17, 15) is 4.79 Å². The lowest BCUT2D eigenvalue weighted by Crippen LogP contribution is -2.37. The van der Waals surface area contributed by atoms with E-state index in [1.165, 1.54) is 6.42 Å². The normalized spacial score (nSPS) is 18.5. The van der Waals surface area contributed by atoms with E-state index in [2.05, 4.69) is 28.4 Å². The molecule has 1 atom stereocenters. The van der Waals surface area contributed by atoms with Crippen molar-refractivity contribution in [3.63, 3.8) is 0 Å². The van der Waals surface area contributed by atoms with Gasteiger partial charge in [0, 0.05) is 35.5 Å². The number of ether oxygens (including phenoxy) is 2. The van der Waals surface area contributed by atoms with E-state index in [4.69, 9.17) is 14.0 Å². The molecule has 1 N–H and O–H groups in total. The minimum absolute atomic E-state index is 0.0282. The molecule has 7 heteroatoms. The van der Waals surface area contributed by atoms with Crippen molar-refractivity contribution in [1.29, 1.82) is 0 Å². The van der Waals surface area contributed by atoms with Crippen LogP contribution < -0.4 is 19.7 Å². The number of benzene rings is 3. The Morgan fingerprint density at radius 2 is 1.83 bits per heavy atom. The number of hydrogen-bond acceptors (Lipinski definition) is 7. The molecule has 0 bridgehead atoms. The van der Waals surface area contributed by atoms with Crippen molar-refractivity contribution in [3.05, 3.63) is 59.7 Å². The van der Waals surface area contributed by atoms with Crippen molar-refractivity contribution in [2.45, 2.75) is 32.2 Å². The molecule has 0 spiro atoms. The smallest absolute Gasteiger partial charge is 0.196 e. The maximum absolute atomic E-state index is 13.8. The third kappa shape index (κ3) is 3.11. The fourth-order valence-electron chi connectivity index (χ4n) is 5.59. The first-order chi connectivity index (χ1) is 17.2. The molecule has 3 aliphatic rings. The highest BCUT2D eigenvalue weighted by atomic mass is 16.6. The van der Waals surface area contributed by atoms with Gasteiger partial charge in [-0.05, 0) is 44.4 Å². The first-order valence-electron chi connectivity index (χ1n) is 12.2. The van der Waals surface area contributed by atoms with Gasteiger partial charge in [0.2, 0.25) is 0 Å². The number of hydrogen-bond donors (Lipinski definition) is 1. The van der Waals surface area contributed by atoms with E-state index < -0.39 is 0 Å². The van der Waals surface area contributed by atoms with Crippen molar-refractivity contribution in [2.24, 2.45) is 0 Å². The van der Waals surface area contributed by atoms with Gasteiger partial charge in [-0.15, -0.1) is 0 Å². The fourth-order valence-corrected chi connectivity index (χ4v) is 5.59. The Hall–Kier alpha value is -4.00. The average Bonchev–Trinajstić information content (AvgIpc) is 3.33. The molecule has 0 radical (unpaired) electrons. The fraction of sp³-hybridized carbons (Fsp3) is 0.286. The number of rotatable bonds is 3. The Kier molecular flexibility index (Phi) is 4.52. The van der Waals surface area contributed by atoms with Gasteiger partial charge in [-0.2, -0.15) is 0 Å². The van der Waals surface area contributed by atoms with Crippen LogP contribution >= 0.6 is 0 Å². The zero-order valence-corrected chi connectivity index (χ0v) is 19.5. The van der Waals surface area contributed by atoms with Crippen LogP contribution in [0.3, 0.4) is 0 Å². The summed E-state index contributed by atoms with van der Waals surface area (Å²) >= 11 is 0. The number of carbonyl (C=O) groups is 1. The van der Waals surface area contributed by atoms with Crippen LogP contribution in [0.25, 0.3) is 22.2 Å². The first kappa shape index (κ1) is 20.4. The molecule has 7 nitrogen and oxygen atoms in total. The summed E-state index contributed by atoms with van der Waals surface area (Å²) < 4.78 is 17.4. The van der Waals surface area contributed by atoms with Gasteiger partial charge in [0.1, 0.15) is 18.7 Å². The minimum Gasteiger partial charge on any atom is -0.486 e. The third-order valence-corrected chi connectivity index (χ3v) is 7.31. The Morgan fingerprint density at radius 1 is 1.00 bits per heavy atom. The standard InChI is InChI=1S/C28H25N3O4/c1-16-6-4-5-11-31(16)21-15-20(29-17-9-10-22-23(14-17)34-13-12-33-22)24-25-26(21)30-35-28(25)19-8-3-2-7-18(19)27(24)32/h2-3,7-10,14-16,29H,4-6,11-13H2,1H3. The third-order valence-electron chi connectivity index (χ3n) is 7.31. The highest BCUT2D eigenvalue weighted by molar-refractivity contribution is 6.28. The summed E-state index contributed by atoms with van der Waals surface area (Å²) in [4.78, 5) is 16.2. The van der Waals surface area contributed by atoms with Crippen LogP contribution in [0.5, 0.6) is 11.5 Å². The van der Waals surface area contributed by atoms with Crippen molar-refractivity contribution in [2.75, 3.05) is 30.0 Å². The molecule has 2 aliphatic heterocycles. The lowest BCUT2D eigenvalue weighted by atomic mass is 9.86. The number of anilines is 3. The van der Waals surface area contributed by atoms with E-state index in [1.54, 1.807) is 0 Å². The summed E-state index contributed by atoms with van der Waals surface area (Å²) in [5.41, 5.74) is 5.33. The van der Waals surface area contributed by atoms with Crippen LogP contribution in [0, 0.1) is 0 Å². The average molecular weight is 468 g/mol. The molecule has 0 saturated carbocycles. The quantitative estimate of drug-likeness (QED) is 0.352. The van der Waals surface area contributed by atoms with Crippen molar-refractivity contribution in [3.8, 4) is 22.8 Å². The number of nitrogens with one attached hydrogen (secondary N) is 1. The predicted octanol–water partition coefficient (Wildman–Crippen LogP) is 5.93. The molecule has 1 aromatic heterocycles. The van der Waals surface area contributed by atoms with Crippen LogP contribution in [-0.4, -0.2) is 36.7 Å². The van der Waals surface area contributed by atoms with Gasteiger partial charge in [0.05, 0.1) is 22.3 Å². The molecule has 7 rings (SSSR count). The molecule has 35 heavy (non-hydrogen) atoms. The summed E-state index contributed by atoms with van der Waals surface area (Å²) in [6, 6.07) is 15.8. The summed E-state index contributed by atoms with van der Waals surface area (Å²) in [5, 5.41) is 8.81. The highest BCUT2D eigenvalue weighted by Gasteiger charge is 2.34. The molecule has 1 unspecified atom stereocenters.